The predicted octanol–water partition coefficient (Wildman–Crippen LogP) is 3.95. The number of hydrogen-bond acceptors (Lipinski definition) is 4. The molecule has 0 aliphatic rings. The Bertz CT molecular complexity index is 501. The Balaban J connectivity index is 1.99. The van der Waals surface area contributed by atoms with E-state index in [0.29, 0.717) is 11.8 Å². The average molecular weight is 283 g/mol. The van der Waals surface area contributed by atoms with Crippen molar-refractivity contribution in [2.75, 3.05) is 11.9 Å². The van der Waals surface area contributed by atoms with Crippen molar-refractivity contribution in [3.8, 4) is 0 Å². The van der Waals surface area contributed by atoms with E-state index in [1.807, 2.05) is 24.4 Å². The molecule has 1 N–H and O–H groups in total. The van der Waals surface area contributed by atoms with Crippen molar-refractivity contribution in [3.05, 3.63) is 45.9 Å². The highest BCUT2D eigenvalue weighted by molar-refractivity contribution is 7.14. The number of ether oxygens (including phenoxy) is 1. The van der Waals surface area contributed by atoms with Crippen molar-refractivity contribution in [2.24, 2.45) is 0 Å². The van der Waals surface area contributed by atoms with Gasteiger partial charge in [-0.3, -0.25) is 0 Å². The molecule has 5 heteroatoms. The Morgan fingerprint density at radius 2 is 2.11 bits per heavy atom. The number of aromatic nitrogens is 1. The molecule has 0 spiro atoms. The predicted molar refractivity (Wildman–Crippen MR) is 76.2 cm³/mol. The summed E-state index contributed by atoms with van der Waals surface area (Å²) in [5, 5.41) is 6.45. The first-order chi connectivity index (χ1) is 8.79. The highest BCUT2D eigenvalue weighted by Crippen LogP contribution is 2.20. The number of rotatable bonds is 6. The molecule has 96 valence electrons. The molecule has 0 aliphatic heterocycles. The number of halogens is 1. The van der Waals surface area contributed by atoms with Gasteiger partial charge in [0.2, 0.25) is 0 Å². The van der Waals surface area contributed by atoms with E-state index in [-0.39, 0.29) is 0 Å². The first-order valence-corrected chi connectivity index (χ1v) is 7.04. The summed E-state index contributed by atoms with van der Waals surface area (Å²) in [6, 6.07) is 8.23. The molecule has 1 heterocycles. The van der Waals surface area contributed by atoms with Gasteiger partial charge in [0.05, 0.1) is 6.61 Å². The van der Waals surface area contributed by atoms with Crippen molar-refractivity contribution in [1.82, 2.24) is 4.98 Å². The minimum absolute atomic E-state index is 0.533. The van der Waals surface area contributed by atoms with Crippen LogP contribution in [0.3, 0.4) is 0 Å². The Morgan fingerprint density at radius 3 is 2.78 bits per heavy atom. The van der Waals surface area contributed by atoms with E-state index in [4.69, 9.17) is 16.3 Å². The van der Waals surface area contributed by atoms with Crippen LogP contribution in [0.25, 0.3) is 0 Å². The van der Waals surface area contributed by atoms with E-state index in [0.717, 1.165) is 18.3 Å². The normalized spacial score (nSPS) is 10.6. The van der Waals surface area contributed by atoms with Crippen LogP contribution in [-0.4, -0.2) is 11.6 Å². The number of nitrogens with zero attached hydrogens (tertiary/aromatic N) is 1. The highest BCUT2D eigenvalue weighted by atomic mass is 35.5. The number of benzene rings is 1. The zero-order valence-corrected chi connectivity index (χ0v) is 11.7. The Hall–Kier alpha value is -1.10. The maximum absolute atomic E-state index is 5.78. The van der Waals surface area contributed by atoms with Crippen molar-refractivity contribution in [1.29, 1.82) is 0 Å². The van der Waals surface area contributed by atoms with E-state index in [1.165, 1.54) is 22.5 Å². The van der Waals surface area contributed by atoms with Gasteiger partial charge in [-0.2, -0.15) is 0 Å². The fourth-order valence-corrected chi connectivity index (χ4v) is 2.43. The molecule has 18 heavy (non-hydrogen) atoms. The topological polar surface area (TPSA) is 34.1 Å². The lowest BCUT2D eigenvalue weighted by molar-refractivity contribution is 0.133. The van der Waals surface area contributed by atoms with Crippen LogP contribution in [0.4, 0.5) is 5.13 Å². The van der Waals surface area contributed by atoms with Crippen LogP contribution < -0.4 is 5.32 Å². The molecule has 0 aliphatic carbocycles. The molecule has 0 radical (unpaired) electrons. The average Bonchev–Trinajstić information content (AvgIpc) is 2.81. The second kappa shape index (κ2) is 6.73. The van der Waals surface area contributed by atoms with Crippen LogP contribution in [0.2, 0.25) is 5.15 Å². The van der Waals surface area contributed by atoms with Crippen molar-refractivity contribution >= 4 is 28.1 Å². The van der Waals surface area contributed by atoms with Crippen LogP contribution in [0.15, 0.2) is 29.6 Å². The summed E-state index contributed by atoms with van der Waals surface area (Å²) in [6.45, 7) is 4.10. The maximum Gasteiger partial charge on any atom is 0.184 e. The molecule has 0 atom stereocenters. The highest BCUT2D eigenvalue weighted by Gasteiger charge is 2.03. The fraction of sp³-hybridized carbons (Fsp3) is 0.308. The van der Waals surface area contributed by atoms with Crippen LogP contribution in [0, 0.1) is 0 Å². The minimum atomic E-state index is 0.533. The van der Waals surface area contributed by atoms with Crippen LogP contribution in [0.5, 0.6) is 0 Å². The first kappa shape index (κ1) is 13.3. The van der Waals surface area contributed by atoms with Crippen molar-refractivity contribution in [2.45, 2.75) is 20.1 Å². The van der Waals surface area contributed by atoms with Gasteiger partial charge in [0.25, 0.3) is 0 Å². The van der Waals surface area contributed by atoms with Gasteiger partial charge in [0, 0.05) is 18.5 Å². The van der Waals surface area contributed by atoms with Gasteiger partial charge in [-0.25, -0.2) is 4.98 Å². The van der Waals surface area contributed by atoms with Crippen molar-refractivity contribution < 1.29 is 4.74 Å². The summed E-state index contributed by atoms with van der Waals surface area (Å²) in [6.07, 6.45) is 0. The van der Waals surface area contributed by atoms with Gasteiger partial charge in [0.15, 0.2) is 5.13 Å². The summed E-state index contributed by atoms with van der Waals surface area (Å²) >= 11 is 7.29. The van der Waals surface area contributed by atoms with E-state index < -0.39 is 0 Å². The molecule has 0 amide bonds. The Labute approximate surface area is 116 Å². The van der Waals surface area contributed by atoms with E-state index >= 15 is 0 Å². The van der Waals surface area contributed by atoms with Gasteiger partial charge in [0.1, 0.15) is 5.15 Å². The number of nitrogens with one attached hydrogen (secondary N) is 1. The lowest BCUT2D eigenvalue weighted by Crippen LogP contribution is -2.04. The lowest BCUT2D eigenvalue weighted by atomic mass is 10.1. The zero-order valence-electron chi connectivity index (χ0n) is 10.1. The first-order valence-electron chi connectivity index (χ1n) is 5.79. The SMILES string of the molecule is CCOCc1ccccc1CNc1nc(Cl)cs1. The number of anilines is 1. The molecule has 0 unspecified atom stereocenters. The van der Waals surface area contributed by atoms with Crippen molar-refractivity contribution in [3.63, 3.8) is 0 Å². The minimum Gasteiger partial charge on any atom is -0.377 e. The summed E-state index contributed by atoms with van der Waals surface area (Å²) in [7, 11) is 0. The molecule has 2 rings (SSSR count). The molecule has 0 saturated carbocycles. The van der Waals surface area contributed by atoms with E-state index in [9.17, 15) is 0 Å². The molecule has 3 nitrogen and oxygen atoms in total. The Morgan fingerprint density at radius 1 is 1.33 bits per heavy atom. The quantitative estimate of drug-likeness (QED) is 0.871. The van der Waals surface area contributed by atoms with Crippen LogP contribution >= 0.6 is 22.9 Å². The fourth-order valence-electron chi connectivity index (χ4n) is 1.59. The van der Waals surface area contributed by atoms with Crippen LogP contribution in [0.1, 0.15) is 18.1 Å². The molecule has 0 fully saturated rings. The largest absolute Gasteiger partial charge is 0.377 e. The molecular weight excluding hydrogens is 268 g/mol. The standard InChI is InChI=1S/C13H15ClN2OS/c1-2-17-8-11-6-4-3-5-10(11)7-15-13-16-12(14)9-18-13/h3-6,9H,2,7-8H2,1H3,(H,15,16). The van der Waals surface area contributed by atoms with Gasteiger partial charge in [-0.05, 0) is 18.1 Å². The van der Waals surface area contributed by atoms with Gasteiger partial charge < -0.3 is 10.1 Å². The lowest BCUT2D eigenvalue weighted by Gasteiger charge is -2.09. The van der Waals surface area contributed by atoms with Gasteiger partial charge in [-0.15, -0.1) is 11.3 Å². The summed E-state index contributed by atoms with van der Waals surface area (Å²) < 4.78 is 5.45. The molecule has 1 aromatic carbocycles. The van der Waals surface area contributed by atoms with Crippen LogP contribution in [-0.2, 0) is 17.9 Å². The molecule has 1 aromatic heterocycles. The van der Waals surface area contributed by atoms with E-state index in [2.05, 4.69) is 22.4 Å². The zero-order chi connectivity index (χ0) is 12.8. The smallest absolute Gasteiger partial charge is 0.184 e. The second-order valence-electron chi connectivity index (χ2n) is 3.73. The van der Waals surface area contributed by atoms with Gasteiger partial charge in [-0.1, -0.05) is 35.9 Å². The van der Waals surface area contributed by atoms with Gasteiger partial charge >= 0.3 is 0 Å². The summed E-state index contributed by atoms with van der Waals surface area (Å²) in [5.41, 5.74) is 2.42. The second-order valence-corrected chi connectivity index (χ2v) is 4.98. The molecule has 2 aromatic rings. The number of thiazole rings is 1. The summed E-state index contributed by atoms with van der Waals surface area (Å²) in [5.74, 6) is 0. The summed E-state index contributed by atoms with van der Waals surface area (Å²) in [4.78, 5) is 4.16. The Kier molecular flexibility index (Phi) is 4.99. The monoisotopic (exact) mass is 282 g/mol. The third kappa shape index (κ3) is 3.70. The third-order valence-electron chi connectivity index (χ3n) is 2.49. The molecule has 0 saturated heterocycles. The molecular formula is C13H15ClN2OS. The molecule has 0 bridgehead atoms. The third-order valence-corrected chi connectivity index (χ3v) is 3.61. The maximum atomic E-state index is 5.78. The van der Waals surface area contributed by atoms with E-state index in [1.54, 1.807) is 0 Å². The number of hydrogen-bond donors (Lipinski definition) is 1.